The molecule has 3 N–H and O–H groups in total. The van der Waals surface area contributed by atoms with E-state index in [2.05, 4.69) is 15.0 Å². The number of aryl methyl sites for hydroxylation is 1. The SMILES string of the molecule is Cc1ccc(Oc2nccc(C(=N)N)n2)cn1. The lowest BCUT2D eigenvalue weighted by atomic mass is 10.4. The van der Waals surface area contributed by atoms with Crippen molar-refractivity contribution in [2.75, 3.05) is 0 Å². The van der Waals surface area contributed by atoms with Crippen LogP contribution in [-0.4, -0.2) is 20.8 Å². The van der Waals surface area contributed by atoms with Gasteiger partial charge in [-0.15, -0.1) is 0 Å². The first-order chi connectivity index (χ1) is 8.15. The predicted molar refractivity (Wildman–Crippen MR) is 62.1 cm³/mol. The lowest BCUT2D eigenvalue weighted by Gasteiger charge is -2.04. The Kier molecular flexibility index (Phi) is 2.95. The van der Waals surface area contributed by atoms with Gasteiger partial charge in [-0.2, -0.15) is 4.98 Å². The molecule has 0 spiro atoms. The van der Waals surface area contributed by atoms with Gasteiger partial charge >= 0.3 is 6.01 Å². The zero-order chi connectivity index (χ0) is 12.3. The van der Waals surface area contributed by atoms with Crippen molar-refractivity contribution in [1.82, 2.24) is 15.0 Å². The molecular weight excluding hydrogens is 218 g/mol. The molecule has 0 saturated heterocycles. The van der Waals surface area contributed by atoms with Crippen LogP contribution in [0.4, 0.5) is 0 Å². The maximum Gasteiger partial charge on any atom is 0.322 e. The van der Waals surface area contributed by atoms with Crippen molar-refractivity contribution in [3.05, 3.63) is 42.0 Å². The van der Waals surface area contributed by atoms with E-state index < -0.39 is 0 Å². The first-order valence-corrected chi connectivity index (χ1v) is 4.93. The fourth-order valence-corrected chi connectivity index (χ4v) is 1.16. The average Bonchev–Trinajstić information content (AvgIpc) is 2.32. The van der Waals surface area contributed by atoms with E-state index in [1.165, 1.54) is 6.20 Å². The maximum atomic E-state index is 7.26. The summed E-state index contributed by atoms with van der Waals surface area (Å²) < 4.78 is 5.39. The second-order valence-corrected chi connectivity index (χ2v) is 3.38. The number of hydrogen-bond acceptors (Lipinski definition) is 5. The van der Waals surface area contributed by atoms with Gasteiger partial charge in [0.05, 0.1) is 6.20 Å². The molecule has 0 aliphatic carbocycles. The Morgan fingerprint density at radius 3 is 2.76 bits per heavy atom. The number of pyridine rings is 1. The second kappa shape index (κ2) is 4.56. The third-order valence-corrected chi connectivity index (χ3v) is 2.00. The summed E-state index contributed by atoms with van der Waals surface area (Å²) in [5, 5.41) is 7.26. The lowest BCUT2D eigenvalue weighted by molar-refractivity contribution is 0.439. The lowest BCUT2D eigenvalue weighted by Crippen LogP contribution is -2.13. The normalized spacial score (nSPS) is 9.94. The molecule has 17 heavy (non-hydrogen) atoms. The smallest absolute Gasteiger partial charge is 0.322 e. The van der Waals surface area contributed by atoms with Gasteiger partial charge in [0.25, 0.3) is 0 Å². The number of ether oxygens (including phenoxy) is 1. The van der Waals surface area contributed by atoms with Crippen LogP contribution in [0.25, 0.3) is 0 Å². The van der Waals surface area contributed by atoms with Crippen LogP contribution in [0.2, 0.25) is 0 Å². The first-order valence-electron chi connectivity index (χ1n) is 4.93. The van der Waals surface area contributed by atoms with Crippen LogP contribution in [0.1, 0.15) is 11.4 Å². The van der Waals surface area contributed by atoms with E-state index in [-0.39, 0.29) is 11.8 Å². The van der Waals surface area contributed by atoms with Crippen molar-refractivity contribution in [2.24, 2.45) is 5.73 Å². The number of nitrogens with zero attached hydrogens (tertiary/aromatic N) is 3. The van der Waals surface area contributed by atoms with Gasteiger partial charge in [0.2, 0.25) is 0 Å². The monoisotopic (exact) mass is 229 g/mol. The number of rotatable bonds is 3. The molecule has 86 valence electrons. The second-order valence-electron chi connectivity index (χ2n) is 3.38. The van der Waals surface area contributed by atoms with Crippen molar-refractivity contribution >= 4 is 5.84 Å². The van der Waals surface area contributed by atoms with Crippen LogP contribution in [0.5, 0.6) is 11.8 Å². The summed E-state index contributed by atoms with van der Waals surface area (Å²) in [6, 6.07) is 5.28. The van der Waals surface area contributed by atoms with Crippen LogP contribution < -0.4 is 10.5 Å². The maximum absolute atomic E-state index is 7.26. The van der Waals surface area contributed by atoms with Crippen molar-refractivity contribution in [3.8, 4) is 11.8 Å². The summed E-state index contributed by atoms with van der Waals surface area (Å²) >= 11 is 0. The molecular formula is C11H11N5O. The summed E-state index contributed by atoms with van der Waals surface area (Å²) in [5.41, 5.74) is 6.55. The minimum Gasteiger partial charge on any atom is -0.423 e. The summed E-state index contributed by atoms with van der Waals surface area (Å²) in [7, 11) is 0. The van der Waals surface area contributed by atoms with Gasteiger partial charge in [-0.25, -0.2) is 4.98 Å². The van der Waals surface area contributed by atoms with Crippen molar-refractivity contribution in [2.45, 2.75) is 6.92 Å². The Morgan fingerprint density at radius 1 is 1.29 bits per heavy atom. The molecule has 0 aromatic carbocycles. The first kappa shape index (κ1) is 11.0. The van der Waals surface area contributed by atoms with Crippen molar-refractivity contribution in [1.29, 1.82) is 5.41 Å². The molecule has 0 fully saturated rings. The van der Waals surface area contributed by atoms with E-state index in [4.69, 9.17) is 15.9 Å². The summed E-state index contributed by atoms with van der Waals surface area (Å²) in [4.78, 5) is 12.0. The number of nitrogens with two attached hydrogens (primary N) is 1. The third-order valence-electron chi connectivity index (χ3n) is 2.00. The van der Waals surface area contributed by atoms with Crippen molar-refractivity contribution < 1.29 is 4.74 Å². The quantitative estimate of drug-likeness (QED) is 0.609. The molecule has 6 heteroatoms. The minimum atomic E-state index is -0.126. The van der Waals surface area contributed by atoms with E-state index in [9.17, 15) is 0 Å². The van der Waals surface area contributed by atoms with Gasteiger partial charge < -0.3 is 10.5 Å². The van der Waals surface area contributed by atoms with Gasteiger partial charge in [0.1, 0.15) is 17.3 Å². The predicted octanol–water partition coefficient (Wildman–Crippen LogP) is 1.26. The van der Waals surface area contributed by atoms with Gasteiger partial charge in [-0.05, 0) is 25.1 Å². The van der Waals surface area contributed by atoms with Crippen LogP contribution in [0.3, 0.4) is 0 Å². The van der Waals surface area contributed by atoms with E-state index in [0.29, 0.717) is 11.4 Å². The topological polar surface area (TPSA) is 97.8 Å². The molecule has 0 radical (unpaired) electrons. The summed E-state index contributed by atoms with van der Waals surface area (Å²) in [6.45, 7) is 1.89. The Morgan fingerprint density at radius 2 is 2.12 bits per heavy atom. The molecule has 0 atom stereocenters. The molecule has 2 rings (SSSR count). The van der Waals surface area contributed by atoms with Crippen molar-refractivity contribution in [3.63, 3.8) is 0 Å². The average molecular weight is 229 g/mol. The zero-order valence-corrected chi connectivity index (χ0v) is 9.21. The molecule has 6 nitrogen and oxygen atoms in total. The summed E-state index contributed by atoms with van der Waals surface area (Å²) in [6.07, 6.45) is 3.07. The van der Waals surface area contributed by atoms with E-state index in [1.807, 2.05) is 13.0 Å². The molecule has 2 aromatic heterocycles. The highest BCUT2D eigenvalue weighted by atomic mass is 16.5. The van der Waals surface area contributed by atoms with Crippen LogP contribution >= 0.6 is 0 Å². The standard InChI is InChI=1S/C11H11N5O/c1-7-2-3-8(6-15-7)17-11-14-5-4-9(16-11)10(12)13/h2-6H,1H3,(H3,12,13). The molecule has 0 amide bonds. The fraction of sp³-hybridized carbons (Fsp3) is 0.0909. The van der Waals surface area contributed by atoms with Gasteiger partial charge in [-0.3, -0.25) is 10.4 Å². The number of hydrogen-bond donors (Lipinski definition) is 2. The van der Waals surface area contributed by atoms with Gasteiger partial charge in [0, 0.05) is 11.9 Å². The van der Waals surface area contributed by atoms with E-state index >= 15 is 0 Å². The molecule has 0 unspecified atom stereocenters. The number of nitrogens with one attached hydrogen (secondary N) is 1. The number of aromatic nitrogens is 3. The van der Waals surface area contributed by atoms with Crippen LogP contribution in [-0.2, 0) is 0 Å². The fourth-order valence-electron chi connectivity index (χ4n) is 1.16. The third kappa shape index (κ3) is 2.75. The highest BCUT2D eigenvalue weighted by molar-refractivity contribution is 5.92. The number of amidine groups is 1. The molecule has 0 aliphatic heterocycles. The minimum absolute atomic E-state index is 0.126. The Labute approximate surface area is 98.0 Å². The van der Waals surface area contributed by atoms with E-state index in [1.54, 1.807) is 18.3 Å². The van der Waals surface area contributed by atoms with Gasteiger partial charge in [-0.1, -0.05) is 0 Å². The largest absolute Gasteiger partial charge is 0.423 e. The molecule has 0 aliphatic rings. The van der Waals surface area contributed by atoms with Crippen LogP contribution in [0, 0.1) is 12.3 Å². The van der Waals surface area contributed by atoms with E-state index in [0.717, 1.165) is 5.69 Å². The molecule has 0 bridgehead atoms. The Balaban J connectivity index is 2.21. The van der Waals surface area contributed by atoms with Crippen LogP contribution in [0.15, 0.2) is 30.6 Å². The highest BCUT2D eigenvalue weighted by Gasteiger charge is 2.04. The number of nitrogen functional groups attached to an aromatic ring is 1. The Hall–Kier alpha value is -2.50. The molecule has 2 aromatic rings. The molecule has 0 saturated carbocycles. The van der Waals surface area contributed by atoms with Gasteiger partial charge in [0.15, 0.2) is 0 Å². The highest BCUT2D eigenvalue weighted by Crippen LogP contribution is 2.16. The Bertz CT molecular complexity index is 538. The summed E-state index contributed by atoms with van der Waals surface area (Å²) in [5.74, 6) is 0.413. The molecule has 2 heterocycles. The zero-order valence-electron chi connectivity index (χ0n) is 9.21.